The van der Waals surface area contributed by atoms with Crippen molar-refractivity contribution in [1.29, 1.82) is 0 Å². The summed E-state index contributed by atoms with van der Waals surface area (Å²) in [5.41, 5.74) is 1.21. The predicted octanol–water partition coefficient (Wildman–Crippen LogP) is 2.86. The maximum atomic E-state index is 11.5. The lowest BCUT2D eigenvalue weighted by molar-refractivity contribution is 0.237. The second-order valence-corrected chi connectivity index (χ2v) is 4.70. The fraction of sp³-hybridized carbons (Fsp3) is 0.312. The average Bonchev–Trinajstić information content (AvgIpc) is 3.00. The van der Waals surface area contributed by atoms with Crippen molar-refractivity contribution in [3.05, 3.63) is 54.0 Å². The van der Waals surface area contributed by atoms with Crippen LogP contribution >= 0.6 is 0 Å². The smallest absolute Gasteiger partial charge is 0.315 e. The summed E-state index contributed by atoms with van der Waals surface area (Å²) in [5.74, 6) is 1.58. The zero-order valence-corrected chi connectivity index (χ0v) is 12.1. The molecule has 0 saturated heterocycles. The van der Waals surface area contributed by atoms with Crippen LogP contribution in [-0.4, -0.2) is 19.2 Å². The fourth-order valence-electron chi connectivity index (χ4n) is 1.74. The summed E-state index contributed by atoms with van der Waals surface area (Å²) in [6.07, 6.45) is 2.33. The monoisotopic (exact) mass is 288 g/mol. The Morgan fingerprint density at radius 3 is 2.71 bits per heavy atom. The maximum Gasteiger partial charge on any atom is 0.315 e. The van der Waals surface area contributed by atoms with E-state index < -0.39 is 0 Å². The van der Waals surface area contributed by atoms with Crippen LogP contribution in [0.5, 0.6) is 5.75 Å². The number of carbonyl (C=O) groups excluding carboxylic acids is 1. The minimum Gasteiger partial charge on any atom is -0.494 e. The number of amides is 2. The van der Waals surface area contributed by atoms with Crippen LogP contribution in [0.3, 0.4) is 0 Å². The van der Waals surface area contributed by atoms with Crippen molar-refractivity contribution in [3.8, 4) is 5.75 Å². The number of furan rings is 1. The molecule has 1 aromatic heterocycles. The fourth-order valence-corrected chi connectivity index (χ4v) is 1.74. The summed E-state index contributed by atoms with van der Waals surface area (Å²) < 4.78 is 10.7. The van der Waals surface area contributed by atoms with E-state index in [4.69, 9.17) is 9.15 Å². The topological polar surface area (TPSA) is 63.5 Å². The third-order valence-electron chi connectivity index (χ3n) is 2.90. The highest BCUT2D eigenvalue weighted by molar-refractivity contribution is 5.73. The third kappa shape index (κ3) is 5.60. The number of rotatable bonds is 7. The van der Waals surface area contributed by atoms with Crippen molar-refractivity contribution in [1.82, 2.24) is 10.6 Å². The molecular formula is C16H20N2O3. The van der Waals surface area contributed by atoms with Gasteiger partial charge >= 0.3 is 6.03 Å². The number of hydrogen-bond acceptors (Lipinski definition) is 3. The molecule has 5 heteroatoms. The largest absolute Gasteiger partial charge is 0.494 e. The third-order valence-corrected chi connectivity index (χ3v) is 2.90. The Kier molecular flexibility index (Phi) is 5.70. The molecule has 0 atom stereocenters. The molecule has 2 aromatic rings. The molecule has 0 aliphatic rings. The molecule has 0 fully saturated rings. The first kappa shape index (κ1) is 15.0. The Balaban J connectivity index is 1.53. The lowest BCUT2D eigenvalue weighted by Crippen LogP contribution is -2.35. The van der Waals surface area contributed by atoms with E-state index >= 15 is 0 Å². The molecule has 0 aliphatic carbocycles. The molecule has 0 spiro atoms. The average molecular weight is 288 g/mol. The number of aryl methyl sites for hydroxylation is 1. The van der Waals surface area contributed by atoms with Gasteiger partial charge in [0.25, 0.3) is 0 Å². The summed E-state index contributed by atoms with van der Waals surface area (Å²) in [5, 5.41) is 5.48. The first-order valence-electron chi connectivity index (χ1n) is 6.97. The Labute approximate surface area is 124 Å². The molecule has 0 aliphatic heterocycles. The van der Waals surface area contributed by atoms with Crippen LogP contribution in [0.25, 0.3) is 0 Å². The van der Waals surface area contributed by atoms with E-state index in [0.717, 1.165) is 17.9 Å². The zero-order valence-electron chi connectivity index (χ0n) is 12.1. The van der Waals surface area contributed by atoms with Gasteiger partial charge in [-0.25, -0.2) is 4.79 Å². The van der Waals surface area contributed by atoms with Crippen LogP contribution in [-0.2, 0) is 6.54 Å². The number of hydrogen-bond donors (Lipinski definition) is 2. The van der Waals surface area contributed by atoms with Gasteiger partial charge in [-0.05, 0) is 37.6 Å². The zero-order chi connectivity index (χ0) is 14.9. The van der Waals surface area contributed by atoms with Crippen LogP contribution in [0.2, 0.25) is 0 Å². The molecule has 0 bridgehead atoms. The first-order valence-corrected chi connectivity index (χ1v) is 6.97. The quantitative estimate of drug-likeness (QED) is 0.770. The number of nitrogens with one attached hydrogen (secondary N) is 2. The molecule has 5 nitrogen and oxygen atoms in total. The highest BCUT2D eigenvalue weighted by atomic mass is 16.5. The van der Waals surface area contributed by atoms with Crippen molar-refractivity contribution in [2.75, 3.05) is 13.2 Å². The molecule has 2 amide bonds. The molecule has 1 aromatic carbocycles. The number of urea groups is 1. The summed E-state index contributed by atoms with van der Waals surface area (Å²) in [6.45, 7) is 3.56. The molecule has 2 rings (SSSR count). The molecular weight excluding hydrogens is 268 g/mol. The van der Waals surface area contributed by atoms with Crippen molar-refractivity contribution in [2.45, 2.75) is 19.9 Å². The number of benzene rings is 1. The number of carbonyl (C=O) groups is 1. The van der Waals surface area contributed by atoms with Crippen LogP contribution in [0.4, 0.5) is 4.79 Å². The Morgan fingerprint density at radius 2 is 2.00 bits per heavy atom. The van der Waals surface area contributed by atoms with Crippen molar-refractivity contribution in [3.63, 3.8) is 0 Å². The minimum absolute atomic E-state index is 0.207. The van der Waals surface area contributed by atoms with Gasteiger partial charge in [0.2, 0.25) is 0 Å². The second kappa shape index (κ2) is 7.99. The van der Waals surface area contributed by atoms with Gasteiger partial charge in [0.05, 0.1) is 19.4 Å². The highest BCUT2D eigenvalue weighted by Crippen LogP contribution is 2.11. The van der Waals surface area contributed by atoms with Gasteiger partial charge < -0.3 is 19.8 Å². The van der Waals surface area contributed by atoms with Crippen molar-refractivity contribution < 1.29 is 13.9 Å². The summed E-state index contributed by atoms with van der Waals surface area (Å²) in [7, 11) is 0. The predicted molar refractivity (Wildman–Crippen MR) is 80.2 cm³/mol. The standard InChI is InChI=1S/C16H20N2O3/c1-13-5-7-14(8-6-13)20-11-3-9-17-16(19)18-12-15-4-2-10-21-15/h2,4-8,10H,3,9,11-12H2,1H3,(H2,17,18,19). The lowest BCUT2D eigenvalue weighted by Gasteiger charge is -2.08. The van der Waals surface area contributed by atoms with Gasteiger partial charge in [-0.1, -0.05) is 17.7 Å². The van der Waals surface area contributed by atoms with Gasteiger partial charge in [0, 0.05) is 6.54 Å². The molecule has 2 N–H and O–H groups in total. The van der Waals surface area contributed by atoms with E-state index in [9.17, 15) is 4.79 Å². The molecule has 112 valence electrons. The highest BCUT2D eigenvalue weighted by Gasteiger charge is 2.01. The normalized spacial score (nSPS) is 10.1. The van der Waals surface area contributed by atoms with E-state index in [1.165, 1.54) is 5.56 Å². The maximum absolute atomic E-state index is 11.5. The second-order valence-electron chi connectivity index (χ2n) is 4.70. The van der Waals surface area contributed by atoms with Crippen LogP contribution in [0.1, 0.15) is 17.7 Å². The van der Waals surface area contributed by atoms with Gasteiger partial charge in [-0.15, -0.1) is 0 Å². The van der Waals surface area contributed by atoms with E-state index in [1.54, 1.807) is 12.3 Å². The van der Waals surface area contributed by atoms with E-state index in [-0.39, 0.29) is 6.03 Å². The molecule has 21 heavy (non-hydrogen) atoms. The van der Waals surface area contributed by atoms with Crippen LogP contribution < -0.4 is 15.4 Å². The SMILES string of the molecule is Cc1ccc(OCCCNC(=O)NCc2ccco2)cc1. The molecule has 0 radical (unpaired) electrons. The minimum atomic E-state index is -0.207. The molecule has 1 heterocycles. The van der Waals surface area contributed by atoms with E-state index in [0.29, 0.717) is 19.7 Å². The molecule has 0 unspecified atom stereocenters. The van der Waals surface area contributed by atoms with Crippen LogP contribution in [0, 0.1) is 6.92 Å². The first-order chi connectivity index (χ1) is 10.2. The molecule has 0 saturated carbocycles. The Hall–Kier alpha value is -2.43. The van der Waals surface area contributed by atoms with Gasteiger partial charge in [-0.3, -0.25) is 0 Å². The number of ether oxygens (including phenoxy) is 1. The summed E-state index contributed by atoms with van der Waals surface area (Å²) in [4.78, 5) is 11.5. The van der Waals surface area contributed by atoms with Gasteiger partial charge in [0.15, 0.2) is 0 Å². The van der Waals surface area contributed by atoms with Crippen molar-refractivity contribution >= 4 is 6.03 Å². The van der Waals surface area contributed by atoms with Gasteiger partial charge in [-0.2, -0.15) is 0 Å². The summed E-state index contributed by atoms with van der Waals surface area (Å²) in [6, 6.07) is 11.3. The van der Waals surface area contributed by atoms with E-state index in [2.05, 4.69) is 10.6 Å². The van der Waals surface area contributed by atoms with E-state index in [1.807, 2.05) is 37.3 Å². The lowest BCUT2D eigenvalue weighted by atomic mass is 10.2. The summed E-state index contributed by atoms with van der Waals surface area (Å²) >= 11 is 0. The van der Waals surface area contributed by atoms with Crippen molar-refractivity contribution in [2.24, 2.45) is 0 Å². The Bertz CT molecular complexity index is 535. The Morgan fingerprint density at radius 1 is 1.19 bits per heavy atom. The van der Waals surface area contributed by atoms with Crippen LogP contribution in [0.15, 0.2) is 47.1 Å². The van der Waals surface area contributed by atoms with Gasteiger partial charge in [0.1, 0.15) is 11.5 Å².